The van der Waals surface area contributed by atoms with Gasteiger partial charge in [-0.15, -0.1) is 11.3 Å². The molecule has 2 N–H and O–H groups in total. The molecule has 1 heterocycles. The van der Waals surface area contributed by atoms with Crippen molar-refractivity contribution in [3.63, 3.8) is 0 Å². The molecule has 0 unspecified atom stereocenters. The Hall–Kier alpha value is -1.31. The van der Waals surface area contributed by atoms with Crippen LogP contribution >= 0.6 is 11.3 Å². The summed E-state index contributed by atoms with van der Waals surface area (Å²) in [5.74, 6) is 6.38. The van der Waals surface area contributed by atoms with Crippen LogP contribution in [0.25, 0.3) is 0 Å². The second kappa shape index (κ2) is 5.35. The molecule has 0 radical (unpaired) electrons. The molecule has 17 heavy (non-hydrogen) atoms. The number of amides is 1. The van der Waals surface area contributed by atoms with Crippen molar-refractivity contribution in [1.29, 1.82) is 0 Å². The second-order valence-corrected chi connectivity index (χ2v) is 5.27. The van der Waals surface area contributed by atoms with Crippen molar-refractivity contribution in [2.75, 3.05) is 13.6 Å². The molecule has 2 rings (SSSR count). The molecule has 1 aliphatic rings. The molecule has 1 aromatic rings. The normalized spacial score (nSPS) is 14.0. The van der Waals surface area contributed by atoms with E-state index in [-0.39, 0.29) is 11.8 Å². The molecule has 0 aromatic carbocycles. The van der Waals surface area contributed by atoms with E-state index in [0.717, 1.165) is 18.4 Å². The number of nitrogens with two attached hydrogens (primary N) is 1. The maximum absolute atomic E-state index is 11.8. The highest BCUT2D eigenvalue weighted by atomic mass is 32.1. The summed E-state index contributed by atoms with van der Waals surface area (Å²) in [6.07, 6.45) is 2.11. The van der Waals surface area contributed by atoms with E-state index in [1.54, 1.807) is 11.3 Å². The fourth-order valence-corrected chi connectivity index (χ4v) is 2.50. The van der Waals surface area contributed by atoms with Gasteiger partial charge < -0.3 is 10.6 Å². The van der Waals surface area contributed by atoms with Gasteiger partial charge in [0.05, 0.1) is 13.1 Å². The Morgan fingerprint density at radius 1 is 1.65 bits per heavy atom. The summed E-state index contributed by atoms with van der Waals surface area (Å²) in [7, 11) is 1.87. The van der Waals surface area contributed by atoms with Gasteiger partial charge in [-0.05, 0) is 18.9 Å². The van der Waals surface area contributed by atoms with Crippen LogP contribution < -0.4 is 5.73 Å². The van der Waals surface area contributed by atoms with Crippen molar-refractivity contribution >= 4 is 17.2 Å². The molecule has 0 spiro atoms. The molecular formula is C13H16N2OS. The predicted molar refractivity (Wildman–Crippen MR) is 69.4 cm³/mol. The van der Waals surface area contributed by atoms with E-state index in [4.69, 9.17) is 5.73 Å². The minimum absolute atomic E-state index is 0.271. The van der Waals surface area contributed by atoms with Crippen molar-refractivity contribution in [3.05, 3.63) is 21.9 Å². The zero-order chi connectivity index (χ0) is 12.3. The van der Waals surface area contributed by atoms with Gasteiger partial charge in [-0.25, -0.2) is 0 Å². The number of hydrogen-bond donors (Lipinski definition) is 1. The van der Waals surface area contributed by atoms with Crippen LogP contribution in [0.5, 0.6) is 0 Å². The van der Waals surface area contributed by atoms with Crippen molar-refractivity contribution in [3.8, 4) is 11.8 Å². The van der Waals surface area contributed by atoms with Gasteiger partial charge in [-0.1, -0.05) is 11.8 Å². The molecule has 4 heteroatoms. The lowest BCUT2D eigenvalue weighted by atomic mass is 10.3. The van der Waals surface area contributed by atoms with Crippen LogP contribution in [0.1, 0.15) is 23.3 Å². The molecule has 3 nitrogen and oxygen atoms in total. The van der Waals surface area contributed by atoms with Crippen LogP contribution in [0.4, 0.5) is 0 Å². The zero-order valence-corrected chi connectivity index (χ0v) is 10.7. The lowest BCUT2D eigenvalue weighted by Gasteiger charge is -2.15. The minimum atomic E-state index is 0.271. The van der Waals surface area contributed by atoms with Gasteiger partial charge in [-0.3, -0.25) is 4.79 Å². The van der Waals surface area contributed by atoms with E-state index in [1.165, 1.54) is 4.88 Å². The van der Waals surface area contributed by atoms with E-state index in [0.29, 0.717) is 13.1 Å². The van der Waals surface area contributed by atoms with Crippen LogP contribution in [0.3, 0.4) is 0 Å². The molecule has 0 bridgehead atoms. The van der Waals surface area contributed by atoms with Crippen molar-refractivity contribution in [1.82, 2.24) is 4.90 Å². The molecule has 1 fully saturated rings. The zero-order valence-electron chi connectivity index (χ0n) is 9.90. The van der Waals surface area contributed by atoms with Crippen LogP contribution in [-0.4, -0.2) is 24.4 Å². The van der Waals surface area contributed by atoms with E-state index in [2.05, 4.69) is 11.8 Å². The van der Waals surface area contributed by atoms with Gasteiger partial charge in [0.15, 0.2) is 0 Å². The Balaban J connectivity index is 1.93. The number of rotatable bonds is 3. The van der Waals surface area contributed by atoms with Gasteiger partial charge in [0.25, 0.3) is 0 Å². The average molecular weight is 248 g/mol. The number of hydrogen-bond acceptors (Lipinski definition) is 3. The maximum atomic E-state index is 11.8. The van der Waals surface area contributed by atoms with Crippen LogP contribution in [0, 0.1) is 17.8 Å². The number of nitrogens with zero attached hydrogens (tertiary/aromatic N) is 1. The first-order valence-corrected chi connectivity index (χ1v) is 6.60. The van der Waals surface area contributed by atoms with E-state index in [1.807, 2.05) is 23.4 Å². The average Bonchev–Trinajstić information content (AvgIpc) is 3.08. The fourth-order valence-electron chi connectivity index (χ4n) is 1.64. The smallest absolute Gasteiger partial charge is 0.225 e. The third kappa shape index (κ3) is 3.32. The number of carbonyl (C=O) groups excluding carboxylic acids is 1. The standard InChI is InChI=1S/C13H16N2OS/c1-15(13(16)11-4-5-11)8-12-7-10(9-17-12)3-2-6-14/h7,9,11H,4-6,8,14H2,1H3. The highest BCUT2D eigenvalue weighted by molar-refractivity contribution is 7.10. The molecule has 1 amide bonds. The number of thiophene rings is 1. The maximum Gasteiger partial charge on any atom is 0.225 e. The largest absolute Gasteiger partial charge is 0.340 e. The van der Waals surface area contributed by atoms with Gasteiger partial charge in [0.2, 0.25) is 5.91 Å². The summed E-state index contributed by atoms with van der Waals surface area (Å²) in [6.45, 7) is 1.07. The summed E-state index contributed by atoms with van der Waals surface area (Å²) in [4.78, 5) is 14.8. The van der Waals surface area contributed by atoms with E-state index >= 15 is 0 Å². The van der Waals surface area contributed by atoms with Crippen molar-refractivity contribution < 1.29 is 4.79 Å². The highest BCUT2D eigenvalue weighted by Gasteiger charge is 2.31. The Morgan fingerprint density at radius 2 is 2.41 bits per heavy atom. The van der Waals surface area contributed by atoms with Crippen LogP contribution in [-0.2, 0) is 11.3 Å². The lowest BCUT2D eigenvalue weighted by molar-refractivity contribution is -0.131. The third-order valence-electron chi connectivity index (χ3n) is 2.68. The lowest BCUT2D eigenvalue weighted by Crippen LogP contribution is -2.27. The molecule has 0 saturated heterocycles. The van der Waals surface area contributed by atoms with Gasteiger partial charge in [0.1, 0.15) is 0 Å². The molecular weight excluding hydrogens is 232 g/mol. The highest BCUT2D eigenvalue weighted by Crippen LogP contribution is 2.31. The van der Waals surface area contributed by atoms with Gasteiger partial charge in [0, 0.05) is 28.8 Å². The summed E-state index contributed by atoms with van der Waals surface area (Å²) in [5.41, 5.74) is 6.31. The summed E-state index contributed by atoms with van der Waals surface area (Å²) in [5, 5.41) is 2.01. The topological polar surface area (TPSA) is 46.3 Å². The first kappa shape index (κ1) is 12.2. The minimum Gasteiger partial charge on any atom is -0.340 e. The molecule has 0 atom stereocenters. The van der Waals surface area contributed by atoms with Crippen molar-refractivity contribution in [2.24, 2.45) is 11.7 Å². The summed E-state index contributed by atoms with van der Waals surface area (Å²) in [6, 6.07) is 2.03. The third-order valence-corrected chi connectivity index (χ3v) is 3.61. The molecule has 1 aromatic heterocycles. The van der Waals surface area contributed by atoms with E-state index < -0.39 is 0 Å². The van der Waals surface area contributed by atoms with Gasteiger partial charge >= 0.3 is 0 Å². The Bertz CT molecular complexity index is 465. The second-order valence-electron chi connectivity index (χ2n) is 4.28. The fraction of sp³-hybridized carbons (Fsp3) is 0.462. The van der Waals surface area contributed by atoms with E-state index in [9.17, 15) is 4.79 Å². The predicted octanol–water partition coefficient (Wildman–Crippen LogP) is 1.43. The molecule has 90 valence electrons. The Labute approximate surface area is 106 Å². The SMILES string of the molecule is CN(Cc1cc(C#CCN)cs1)C(=O)C1CC1. The van der Waals surface area contributed by atoms with Crippen LogP contribution in [0.15, 0.2) is 11.4 Å². The Kier molecular flexibility index (Phi) is 3.82. The Morgan fingerprint density at radius 3 is 3.06 bits per heavy atom. The quantitative estimate of drug-likeness (QED) is 0.822. The number of carbonyl (C=O) groups is 1. The molecule has 1 aliphatic carbocycles. The first-order valence-electron chi connectivity index (χ1n) is 5.72. The first-order chi connectivity index (χ1) is 8.20. The van der Waals surface area contributed by atoms with Crippen LogP contribution in [0.2, 0.25) is 0 Å². The summed E-state index contributed by atoms with van der Waals surface area (Å²) >= 11 is 1.64. The molecule has 1 saturated carbocycles. The van der Waals surface area contributed by atoms with Gasteiger partial charge in [-0.2, -0.15) is 0 Å². The van der Waals surface area contributed by atoms with Crippen molar-refractivity contribution in [2.45, 2.75) is 19.4 Å². The monoisotopic (exact) mass is 248 g/mol. The summed E-state index contributed by atoms with van der Waals surface area (Å²) < 4.78 is 0. The molecule has 0 aliphatic heterocycles.